The molecule has 0 atom stereocenters. The Labute approximate surface area is 177 Å². The Bertz CT molecular complexity index is 1240. The highest BCUT2D eigenvalue weighted by Gasteiger charge is 2.18. The summed E-state index contributed by atoms with van der Waals surface area (Å²) < 4.78 is 2.03. The van der Waals surface area contributed by atoms with Gasteiger partial charge in [-0.1, -0.05) is 37.3 Å². The minimum absolute atomic E-state index is 0.0386. The average molecular weight is 398 g/mol. The number of pyridine rings is 1. The van der Waals surface area contributed by atoms with E-state index in [1.165, 1.54) is 11.1 Å². The molecule has 0 aliphatic rings. The van der Waals surface area contributed by atoms with Crippen molar-refractivity contribution in [3.63, 3.8) is 0 Å². The molecule has 2 aromatic heterocycles. The Balaban J connectivity index is 1.75. The van der Waals surface area contributed by atoms with E-state index in [4.69, 9.17) is 4.98 Å². The van der Waals surface area contributed by atoms with E-state index in [2.05, 4.69) is 57.3 Å². The third-order valence-electron chi connectivity index (χ3n) is 5.66. The quantitative estimate of drug-likeness (QED) is 0.472. The number of nitrogens with zero attached hydrogens (tertiary/aromatic N) is 2. The minimum atomic E-state index is -0.0386. The fraction of sp³-hybridized carbons (Fsp3) is 0.231. The van der Waals surface area contributed by atoms with E-state index in [0.717, 1.165) is 45.8 Å². The van der Waals surface area contributed by atoms with Gasteiger partial charge in [0.1, 0.15) is 5.65 Å². The van der Waals surface area contributed by atoms with Gasteiger partial charge in [-0.15, -0.1) is 0 Å². The molecule has 0 aliphatic heterocycles. The number of para-hydroxylation sites is 1. The molecule has 4 aromatic rings. The van der Waals surface area contributed by atoms with Gasteiger partial charge in [-0.05, 0) is 73.7 Å². The molecule has 0 saturated carbocycles. The van der Waals surface area contributed by atoms with Gasteiger partial charge >= 0.3 is 0 Å². The Kier molecular flexibility index (Phi) is 5.40. The molecule has 2 heterocycles. The third kappa shape index (κ3) is 3.86. The number of hydrogen-bond donors (Lipinski definition) is 1. The fourth-order valence-corrected chi connectivity index (χ4v) is 3.78. The summed E-state index contributed by atoms with van der Waals surface area (Å²) >= 11 is 0. The molecule has 2 aromatic carbocycles. The molecule has 1 amide bonds. The highest BCUT2D eigenvalue weighted by atomic mass is 16.1. The zero-order chi connectivity index (χ0) is 21.3. The Hall–Kier alpha value is -3.40. The van der Waals surface area contributed by atoms with Gasteiger partial charge in [0.05, 0.1) is 17.8 Å². The first-order valence-corrected chi connectivity index (χ1v) is 10.4. The van der Waals surface area contributed by atoms with E-state index in [1.54, 1.807) is 0 Å². The van der Waals surface area contributed by atoms with Crippen molar-refractivity contribution >= 4 is 17.2 Å². The van der Waals surface area contributed by atoms with Crippen molar-refractivity contribution in [3.05, 3.63) is 88.7 Å². The maximum absolute atomic E-state index is 13.0. The number of anilines is 1. The number of imidazole rings is 1. The van der Waals surface area contributed by atoms with Crippen LogP contribution >= 0.6 is 0 Å². The van der Waals surface area contributed by atoms with E-state index in [9.17, 15) is 4.79 Å². The van der Waals surface area contributed by atoms with Crippen LogP contribution < -0.4 is 5.32 Å². The van der Waals surface area contributed by atoms with Gasteiger partial charge in [0.2, 0.25) is 5.91 Å². The lowest BCUT2D eigenvalue weighted by molar-refractivity contribution is -0.115. The van der Waals surface area contributed by atoms with E-state index in [0.29, 0.717) is 0 Å². The fourth-order valence-electron chi connectivity index (χ4n) is 3.78. The first-order valence-electron chi connectivity index (χ1n) is 10.4. The summed E-state index contributed by atoms with van der Waals surface area (Å²) in [7, 11) is 0. The van der Waals surface area contributed by atoms with E-state index < -0.39 is 0 Å². The number of rotatable bonds is 5. The molecule has 1 N–H and O–H groups in total. The van der Waals surface area contributed by atoms with Crippen molar-refractivity contribution in [2.75, 3.05) is 5.32 Å². The molecule has 0 spiro atoms. The predicted octanol–water partition coefficient (Wildman–Crippen LogP) is 5.67. The normalized spacial score (nSPS) is 11.1. The summed E-state index contributed by atoms with van der Waals surface area (Å²) in [6.45, 7) is 8.35. The summed E-state index contributed by atoms with van der Waals surface area (Å²) in [5.41, 5.74) is 9.28. The number of aromatic nitrogens is 2. The highest BCUT2D eigenvalue weighted by Crippen LogP contribution is 2.27. The van der Waals surface area contributed by atoms with Gasteiger partial charge in [-0.2, -0.15) is 0 Å². The molecule has 4 nitrogen and oxygen atoms in total. The van der Waals surface area contributed by atoms with Crippen molar-refractivity contribution in [1.82, 2.24) is 9.38 Å². The molecule has 4 rings (SSSR count). The second-order valence-electron chi connectivity index (χ2n) is 7.87. The van der Waals surface area contributed by atoms with Crippen LogP contribution in [0.5, 0.6) is 0 Å². The number of amides is 1. The lowest BCUT2D eigenvalue weighted by atomic mass is 10.0. The van der Waals surface area contributed by atoms with Crippen LogP contribution in [0.2, 0.25) is 0 Å². The minimum Gasteiger partial charge on any atom is -0.325 e. The Morgan fingerprint density at radius 1 is 1.00 bits per heavy atom. The van der Waals surface area contributed by atoms with Crippen LogP contribution in [-0.4, -0.2) is 15.3 Å². The van der Waals surface area contributed by atoms with Gasteiger partial charge in [0, 0.05) is 17.4 Å². The number of carbonyl (C=O) groups excluding carboxylic acids is 1. The van der Waals surface area contributed by atoms with Gasteiger partial charge < -0.3 is 9.72 Å². The van der Waals surface area contributed by atoms with Gasteiger partial charge in [0.25, 0.3) is 0 Å². The smallest absolute Gasteiger partial charge is 0.230 e. The van der Waals surface area contributed by atoms with Crippen LogP contribution in [0.1, 0.15) is 34.9 Å². The van der Waals surface area contributed by atoms with E-state index in [1.807, 2.05) is 40.9 Å². The number of fused-ring (bicyclic) bond motifs is 1. The first kappa shape index (κ1) is 19.9. The lowest BCUT2D eigenvalue weighted by Gasteiger charge is -2.11. The van der Waals surface area contributed by atoms with Gasteiger partial charge in [0.15, 0.2) is 0 Å². The average Bonchev–Trinajstić information content (AvgIpc) is 3.07. The number of carbonyl (C=O) groups is 1. The van der Waals surface area contributed by atoms with Crippen LogP contribution in [0.3, 0.4) is 0 Å². The molecule has 0 fully saturated rings. The maximum Gasteiger partial charge on any atom is 0.230 e. The van der Waals surface area contributed by atoms with Gasteiger partial charge in [-0.3, -0.25) is 4.79 Å². The second-order valence-corrected chi connectivity index (χ2v) is 7.87. The number of hydrogen-bond acceptors (Lipinski definition) is 2. The van der Waals surface area contributed by atoms with Crippen molar-refractivity contribution in [1.29, 1.82) is 0 Å². The standard InChI is InChI=1S/C26H27N3O/c1-5-20-8-6-7-9-22(20)27-25(30)16-23-26(21-11-10-18(3)19(4)15-21)28-24-14-17(2)12-13-29(23)24/h6-15H,5,16H2,1-4H3,(H,27,30). The maximum atomic E-state index is 13.0. The molecule has 0 bridgehead atoms. The van der Waals surface area contributed by atoms with Crippen molar-refractivity contribution in [2.45, 2.75) is 40.5 Å². The summed E-state index contributed by atoms with van der Waals surface area (Å²) in [5, 5.41) is 3.09. The zero-order valence-corrected chi connectivity index (χ0v) is 18.0. The molecule has 0 unspecified atom stereocenters. The summed E-state index contributed by atoms with van der Waals surface area (Å²) in [4.78, 5) is 17.9. The van der Waals surface area contributed by atoms with Crippen LogP contribution in [-0.2, 0) is 17.6 Å². The van der Waals surface area contributed by atoms with Crippen LogP contribution in [0.15, 0.2) is 60.8 Å². The Morgan fingerprint density at radius 3 is 2.57 bits per heavy atom. The van der Waals surface area contributed by atoms with E-state index >= 15 is 0 Å². The van der Waals surface area contributed by atoms with Crippen molar-refractivity contribution < 1.29 is 4.79 Å². The monoisotopic (exact) mass is 397 g/mol. The van der Waals surface area contributed by atoms with Gasteiger partial charge in [-0.25, -0.2) is 4.98 Å². The number of benzene rings is 2. The lowest BCUT2D eigenvalue weighted by Crippen LogP contribution is -2.17. The topological polar surface area (TPSA) is 46.4 Å². The van der Waals surface area contributed by atoms with Crippen LogP contribution in [0, 0.1) is 20.8 Å². The largest absolute Gasteiger partial charge is 0.325 e. The molecule has 30 heavy (non-hydrogen) atoms. The zero-order valence-electron chi connectivity index (χ0n) is 18.0. The molecule has 152 valence electrons. The molecule has 0 aliphatic carbocycles. The molecular weight excluding hydrogens is 370 g/mol. The molecular formula is C26H27N3O. The molecule has 0 radical (unpaired) electrons. The van der Waals surface area contributed by atoms with E-state index in [-0.39, 0.29) is 12.3 Å². The second kappa shape index (κ2) is 8.15. The first-order chi connectivity index (χ1) is 14.5. The molecule has 4 heteroatoms. The third-order valence-corrected chi connectivity index (χ3v) is 5.66. The van der Waals surface area contributed by atoms with Crippen molar-refractivity contribution in [3.8, 4) is 11.3 Å². The summed E-state index contributed by atoms with van der Waals surface area (Å²) in [6.07, 6.45) is 3.13. The SMILES string of the molecule is CCc1ccccc1NC(=O)Cc1c(-c2ccc(C)c(C)c2)nc2cc(C)ccn12. The van der Waals surface area contributed by atoms with Crippen molar-refractivity contribution in [2.24, 2.45) is 0 Å². The highest BCUT2D eigenvalue weighted by molar-refractivity contribution is 5.94. The molecule has 0 saturated heterocycles. The number of nitrogens with one attached hydrogen (secondary N) is 1. The Morgan fingerprint density at radius 2 is 1.80 bits per heavy atom. The van der Waals surface area contributed by atoms with Crippen LogP contribution in [0.25, 0.3) is 16.9 Å². The van der Waals surface area contributed by atoms with Crippen LogP contribution in [0.4, 0.5) is 5.69 Å². The summed E-state index contributed by atoms with van der Waals surface area (Å²) in [5.74, 6) is -0.0386. The summed E-state index contributed by atoms with van der Waals surface area (Å²) in [6, 6.07) is 18.4. The predicted molar refractivity (Wildman–Crippen MR) is 123 cm³/mol. The number of aryl methyl sites for hydroxylation is 4.